The van der Waals surface area contributed by atoms with Gasteiger partial charge < -0.3 is 10.1 Å². The molecule has 0 aliphatic carbocycles. The van der Waals surface area contributed by atoms with Gasteiger partial charge in [0, 0.05) is 12.0 Å². The van der Waals surface area contributed by atoms with Crippen LogP contribution in [0, 0.1) is 0 Å². The predicted molar refractivity (Wildman–Crippen MR) is 59.3 cm³/mol. The van der Waals surface area contributed by atoms with Crippen LogP contribution in [-0.4, -0.2) is 12.0 Å². The number of alkyl halides is 2. The van der Waals surface area contributed by atoms with Crippen molar-refractivity contribution in [3.05, 3.63) is 23.8 Å². The van der Waals surface area contributed by atoms with Crippen LogP contribution < -0.4 is 10.1 Å². The van der Waals surface area contributed by atoms with Crippen molar-refractivity contribution in [3.63, 3.8) is 0 Å². The fraction of sp³-hybridized carbons (Fsp3) is 0.417. The van der Waals surface area contributed by atoms with E-state index in [9.17, 15) is 13.6 Å². The Kier molecular flexibility index (Phi) is 2.77. The molecule has 1 atom stereocenters. The minimum atomic E-state index is -2.89. The molecule has 1 heterocycles. The molecular formula is C12H13F2NO2. The van der Waals surface area contributed by atoms with E-state index in [1.165, 1.54) is 25.1 Å². The number of anilines is 1. The van der Waals surface area contributed by atoms with Crippen molar-refractivity contribution in [2.75, 3.05) is 5.32 Å². The van der Waals surface area contributed by atoms with Gasteiger partial charge in [0.2, 0.25) is 0 Å². The molecular weight excluding hydrogens is 228 g/mol. The molecule has 3 nitrogen and oxygen atoms in total. The highest BCUT2D eigenvalue weighted by molar-refractivity contribution is 5.97. The van der Waals surface area contributed by atoms with Crippen molar-refractivity contribution in [2.24, 2.45) is 0 Å². The Morgan fingerprint density at radius 2 is 2.18 bits per heavy atom. The number of halogens is 2. The van der Waals surface area contributed by atoms with E-state index in [1.807, 2.05) is 0 Å². The zero-order chi connectivity index (χ0) is 12.6. The molecule has 5 heteroatoms. The normalized spacial score (nSPS) is 19.3. The van der Waals surface area contributed by atoms with Crippen LogP contribution >= 0.6 is 0 Å². The molecule has 0 fully saturated rings. The molecule has 0 saturated carbocycles. The number of benzene rings is 1. The maximum atomic E-state index is 13.5. The third-order valence-corrected chi connectivity index (χ3v) is 2.78. The molecule has 92 valence electrons. The zero-order valence-corrected chi connectivity index (χ0v) is 9.59. The zero-order valence-electron chi connectivity index (χ0n) is 9.59. The average Bonchev–Trinajstić information content (AvgIpc) is 2.30. The van der Waals surface area contributed by atoms with Gasteiger partial charge in [-0.1, -0.05) is 6.92 Å². The van der Waals surface area contributed by atoms with Crippen molar-refractivity contribution < 1.29 is 18.3 Å². The molecule has 0 radical (unpaired) electrons. The second-order valence-electron chi connectivity index (χ2n) is 4.02. The van der Waals surface area contributed by atoms with E-state index in [-0.39, 0.29) is 17.9 Å². The first-order valence-corrected chi connectivity index (χ1v) is 5.44. The first-order chi connectivity index (χ1) is 7.94. The van der Waals surface area contributed by atoms with Crippen molar-refractivity contribution in [1.82, 2.24) is 0 Å². The first kappa shape index (κ1) is 11.8. The van der Waals surface area contributed by atoms with E-state index in [4.69, 9.17) is 4.74 Å². The summed E-state index contributed by atoms with van der Waals surface area (Å²) in [7, 11) is 0. The summed E-state index contributed by atoms with van der Waals surface area (Å²) in [4.78, 5) is 11.4. The van der Waals surface area contributed by atoms with E-state index in [1.54, 1.807) is 6.92 Å². The van der Waals surface area contributed by atoms with Gasteiger partial charge >= 0.3 is 0 Å². The highest BCUT2D eigenvalue weighted by atomic mass is 19.3. The highest BCUT2D eigenvalue weighted by Gasteiger charge is 2.31. The maximum absolute atomic E-state index is 13.5. The maximum Gasteiger partial charge on any atom is 0.273 e. The molecule has 2 rings (SSSR count). The average molecular weight is 241 g/mol. The van der Waals surface area contributed by atoms with E-state index in [0.717, 1.165) is 0 Å². The van der Waals surface area contributed by atoms with Crippen molar-refractivity contribution in [2.45, 2.75) is 32.3 Å². The Morgan fingerprint density at radius 3 is 2.82 bits per heavy atom. The lowest BCUT2D eigenvalue weighted by molar-refractivity contribution is -0.122. The molecule has 1 amide bonds. The molecule has 1 unspecified atom stereocenters. The molecule has 1 N–H and O–H groups in total. The number of rotatable bonds is 2. The van der Waals surface area contributed by atoms with Gasteiger partial charge in [-0.2, -0.15) is 0 Å². The van der Waals surface area contributed by atoms with Crippen LogP contribution in [0.5, 0.6) is 5.75 Å². The van der Waals surface area contributed by atoms with Crippen LogP contribution in [0.2, 0.25) is 0 Å². The lowest BCUT2D eigenvalue weighted by Crippen LogP contribution is -2.34. The van der Waals surface area contributed by atoms with Crippen molar-refractivity contribution in [3.8, 4) is 5.75 Å². The number of nitrogens with one attached hydrogen (secondary N) is 1. The second-order valence-corrected chi connectivity index (χ2v) is 4.02. The molecule has 1 aliphatic heterocycles. The largest absolute Gasteiger partial charge is 0.479 e. The van der Waals surface area contributed by atoms with Gasteiger partial charge in [-0.25, -0.2) is 8.78 Å². The Labute approximate surface area is 97.8 Å². The minimum absolute atomic E-state index is 0.114. The Morgan fingerprint density at radius 1 is 1.47 bits per heavy atom. The summed E-state index contributed by atoms with van der Waals surface area (Å²) >= 11 is 0. The molecule has 0 saturated heterocycles. The van der Waals surface area contributed by atoms with Gasteiger partial charge in [-0.05, 0) is 25.1 Å². The number of fused-ring (bicyclic) bond motifs is 1. The van der Waals surface area contributed by atoms with Crippen molar-refractivity contribution >= 4 is 11.6 Å². The SMILES string of the molecule is CCC(F)(F)c1ccc2c(c1)NC(=O)C(C)O2. The number of hydrogen-bond donors (Lipinski definition) is 1. The molecule has 0 aromatic heterocycles. The monoisotopic (exact) mass is 241 g/mol. The predicted octanol–water partition coefficient (Wildman–Crippen LogP) is 2.91. The van der Waals surface area contributed by atoms with Crippen LogP contribution in [-0.2, 0) is 10.7 Å². The summed E-state index contributed by atoms with van der Waals surface area (Å²) in [5.74, 6) is -2.79. The van der Waals surface area contributed by atoms with Gasteiger partial charge in [0.25, 0.3) is 11.8 Å². The van der Waals surface area contributed by atoms with Crippen LogP contribution in [0.3, 0.4) is 0 Å². The van der Waals surface area contributed by atoms with Crippen LogP contribution in [0.25, 0.3) is 0 Å². The highest BCUT2D eigenvalue weighted by Crippen LogP contribution is 2.37. The lowest BCUT2D eigenvalue weighted by Gasteiger charge is -2.25. The summed E-state index contributed by atoms with van der Waals surface area (Å²) in [5.41, 5.74) is 0.191. The van der Waals surface area contributed by atoms with Crippen LogP contribution in [0.4, 0.5) is 14.5 Å². The fourth-order valence-corrected chi connectivity index (χ4v) is 1.64. The Bertz CT molecular complexity index is 460. The van der Waals surface area contributed by atoms with Crippen LogP contribution in [0.15, 0.2) is 18.2 Å². The number of carbonyl (C=O) groups is 1. The Balaban J connectivity index is 2.38. The van der Waals surface area contributed by atoms with Gasteiger partial charge in [-0.3, -0.25) is 4.79 Å². The Hall–Kier alpha value is -1.65. The molecule has 17 heavy (non-hydrogen) atoms. The van der Waals surface area contributed by atoms with Crippen molar-refractivity contribution in [1.29, 1.82) is 0 Å². The van der Waals surface area contributed by atoms with E-state index in [0.29, 0.717) is 11.4 Å². The minimum Gasteiger partial charge on any atom is -0.479 e. The summed E-state index contributed by atoms with van der Waals surface area (Å²) in [6.07, 6.45) is -0.878. The molecule has 1 aliphatic rings. The summed E-state index contributed by atoms with van der Waals surface area (Å²) in [6, 6.07) is 4.05. The van der Waals surface area contributed by atoms with E-state index in [2.05, 4.69) is 5.32 Å². The fourth-order valence-electron chi connectivity index (χ4n) is 1.64. The topological polar surface area (TPSA) is 38.3 Å². The number of ether oxygens (including phenoxy) is 1. The van der Waals surface area contributed by atoms with Gasteiger partial charge in [0.15, 0.2) is 6.10 Å². The third kappa shape index (κ3) is 2.09. The summed E-state index contributed by atoms with van der Waals surface area (Å²) < 4.78 is 32.2. The molecule has 1 aromatic rings. The first-order valence-electron chi connectivity index (χ1n) is 5.44. The summed E-state index contributed by atoms with van der Waals surface area (Å²) in [5, 5.41) is 2.55. The standard InChI is InChI=1S/C12H13F2NO2/c1-3-12(13,14)8-4-5-10-9(6-8)15-11(16)7(2)17-10/h4-7H,3H2,1-2H3,(H,15,16). The number of hydrogen-bond acceptors (Lipinski definition) is 2. The van der Waals surface area contributed by atoms with Gasteiger partial charge in [-0.15, -0.1) is 0 Å². The lowest BCUT2D eigenvalue weighted by atomic mass is 10.0. The smallest absolute Gasteiger partial charge is 0.273 e. The third-order valence-electron chi connectivity index (χ3n) is 2.78. The molecule has 0 spiro atoms. The van der Waals surface area contributed by atoms with Crippen LogP contribution in [0.1, 0.15) is 25.8 Å². The van der Waals surface area contributed by atoms with Gasteiger partial charge in [0.05, 0.1) is 5.69 Å². The van der Waals surface area contributed by atoms with E-state index >= 15 is 0 Å². The molecule has 1 aromatic carbocycles. The number of carbonyl (C=O) groups excluding carboxylic acids is 1. The number of amides is 1. The molecule has 0 bridgehead atoms. The second kappa shape index (κ2) is 3.98. The summed E-state index contributed by atoms with van der Waals surface area (Å²) in [6.45, 7) is 3.02. The van der Waals surface area contributed by atoms with Gasteiger partial charge in [0.1, 0.15) is 5.75 Å². The van der Waals surface area contributed by atoms with E-state index < -0.39 is 12.0 Å². The quantitative estimate of drug-likeness (QED) is 0.864.